The van der Waals surface area contributed by atoms with Crippen LogP contribution >= 0.6 is 12.6 Å². The molecule has 4 rings (SSSR count). The number of alkyl halides is 3. The zero-order valence-electron chi connectivity index (χ0n) is 17.9. The highest BCUT2D eigenvalue weighted by molar-refractivity contribution is 7.81. The number of aromatic nitrogens is 2. The van der Waals surface area contributed by atoms with Gasteiger partial charge in [-0.15, -0.1) is 12.6 Å². The second-order valence-corrected chi connectivity index (χ2v) is 9.11. The highest BCUT2D eigenvalue weighted by atomic mass is 32.1. The minimum absolute atomic E-state index is 0.226. The van der Waals surface area contributed by atoms with Crippen LogP contribution in [0.3, 0.4) is 0 Å². The summed E-state index contributed by atoms with van der Waals surface area (Å²) in [6.45, 7) is 6.19. The number of thiol groups is 1. The van der Waals surface area contributed by atoms with Crippen LogP contribution in [0.2, 0.25) is 0 Å². The Morgan fingerprint density at radius 3 is 2.71 bits per heavy atom. The Labute approximate surface area is 186 Å². The summed E-state index contributed by atoms with van der Waals surface area (Å²) in [6, 6.07) is 4.26. The molecule has 31 heavy (non-hydrogen) atoms. The van der Waals surface area contributed by atoms with Gasteiger partial charge in [-0.3, -0.25) is 0 Å². The van der Waals surface area contributed by atoms with Crippen LogP contribution in [0, 0.1) is 6.92 Å². The Kier molecular flexibility index (Phi) is 6.51. The quantitative estimate of drug-likeness (QED) is 0.552. The fourth-order valence-corrected chi connectivity index (χ4v) is 4.83. The molecule has 1 aromatic heterocycles. The summed E-state index contributed by atoms with van der Waals surface area (Å²) in [7, 11) is 1.97. The molecule has 2 aliphatic rings. The number of piperidine rings is 1. The average molecular weight is 451 g/mol. The van der Waals surface area contributed by atoms with Gasteiger partial charge in [0.25, 0.3) is 0 Å². The molecule has 2 N–H and O–H groups in total. The number of H-pyrrole nitrogens is 1. The zero-order valence-corrected chi connectivity index (χ0v) is 18.8. The van der Waals surface area contributed by atoms with Gasteiger partial charge in [-0.1, -0.05) is 12.1 Å². The number of likely N-dealkylation sites (N-methyl/N-ethyl adjacent to an activating group) is 1. The van der Waals surface area contributed by atoms with E-state index in [9.17, 15) is 13.2 Å². The Bertz CT molecular complexity index is 1000. The number of hydrogen-bond acceptors (Lipinski definition) is 4. The van der Waals surface area contributed by atoms with Crippen LogP contribution in [0.5, 0.6) is 0 Å². The highest BCUT2D eigenvalue weighted by Crippen LogP contribution is 2.40. The van der Waals surface area contributed by atoms with E-state index >= 15 is 0 Å². The second kappa shape index (κ2) is 9.00. The number of aryl methyl sites for hydroxylation is 1. The molecular formula is C23H29F3N4S. The Hall–Kier alpha value is -1.77. The first-order valence-electron chi connectivity index (χ1n) is 10.8. The lowest BCUT2D eigenvalue weighted by molar-refractivity contribution is 0.142. The molecule has 168 valence electrons. The van der Waals surface area contributed by atoms with E-state index in [-0.39, 0.29) is 17.6 Å². The van der Waals surface area contributed by atoms with E-state index in [0.29, 0.717) is 11.7 Å². The van der Waals surface area contributed by atoms with Gasteiger partial charge in [0.05, 0.1) is 11.0 Å². The summed E-state index contributed by atoms with van der Waals surface area (Å²) in [6.07, 6.45) is 3.06. The SMILES string of the molecule is CNCCN1CCC(c2cc(C)c3nc(C4=C(C(F)(F)S)CC(F)C=C4)[nH]c3c2)CC1. The standard InChI is InChI=1S/C23H29F3N4S/c1-14-11-16(15-5-8-30(9-6-15)10-7-27-2)12-20-21(14)29-22(28-20)18-4-3-17(24)13-19(18)23(25,26)31/h3-4,11-12,15,17,27,31H,5-10,13H2,1-2H3,(H,28,29). The fourth-order valence-electron chi connectivity index (χ4n) is 4.62. The van der Waals surface area contributed by atoms with Crippen molar-refractivity contribution in [3.05, 3.63) is 46.8 Å². The van der Waals surface area contributed by atoms with Gasteiger partial charge >= 0.3 is 5.25 Å². The van der Waals surface area contributed by atoms with Crippen LogP contribution in [-0.4, -0.2) is 59.5 Å². The molecular weight excluding hydrogens is 421 g/mol. The molecule has 1 unspecified atom stereocenters. The van der Waals surface area contributed by atoms with Crippen molar-refractivity contribution in [1.29, 1.82) is 0 Å². The monoisotopic (exact) mass is 450 g/mol. The zero-order chi connectivity index (χ0) is 22.2. The molecule has 2 heterocycles. The van der Waals surface area contributed by atoms with Crippen molar-refractivity contribution < 1.29 is 13.2 Å². The number of allylic oxidation sites excluding steroid dienone is 3. The van der Waals surface area contributed by atoms with Crippen LogP contribution in [0.15, 0.2) is 29.9 Å². The van der Waals surface area contributed by atoms with E-state index in [2.05, 4.69) is 44.9 Å². The maximum Gasteiger partial charge on any atom is 0.313 e. The molecule has 0 saturated carbocycles. The van der Waals surface area contributed by atoms with Crippen molar-refractivity contribution in [3.8, 4) is 0 Å². The summed E-state index contributed by atoms with van der Waals surface area (Å²) < 4.78 is 41.8. The van der Waals surface area contributed by atoms with Crippen LogP contribution < -0.4 is 5.32 Å². The first-order valence-corrected chi connectivity index (χ1v) is 11.2. The van der Waals surface area contributed by atoms with E-state index in [0.717, 1.165) is 55.6 Å². The third-order valence-electron chi connectivity index (χ3n) is 6.35. The molecule has 2 aromatic rings. The van der Waals surface area contributed by atoms with Crippen molar-refractivity contribution in [2.45, 2.75) is 43.5 Å². The number of benzene rings is 1. The van der Waals surface area contributed by atoms with Gasteiger partial charge in [0, 0.05) is 30.7 Å². The lowest BCUT2D eigenvalue weighted by Crippen LogP contribution is -2.37. The number of rotatable bonds is 6. The third-order valence-corrected chi connectivity index (χ3v) is 6.62. The molecule has 0 amide bonds. The largest absolute Gasteiger partial charge is 0.338 e. The molecule has 8 heteroatoms. The molecule has 1 aliphatic carbocycles. The van der Waals surface area contributed by atoms with Crippen LogP contribution in [0.25, 0.3) is 16.6 Å². The Balaban J connectivity index is 1.62. The van der Waals surface area contributed by atoms with Gasteiger partial charge in [0.15, 0.2) is 0 Å². The van der Waals surface area contributed by atoms with Gasteiger partial charge in [0.2, 0.25) is 0 Å². The number of fused-ring (bicyclic) bond motifs is 1. The molecule has 0 spiro atoms. The lowest BCUT2D eigenvalue weighted by atomic mass is 9.88. The summed E-state index contributed by atoms with van der Waals surface area (Å²) in [4.78, 5) is 10.3. The minimum atomic E-state index is -3.40. The predicted molar refractivity (Wildman–Crippen MR) is 123 cm³/mol. The summed E-state index contributed by atoms with van der Waals surface area (Å²) >= 11 is 3.40. The van der Waals surface area contributed by atoms with Gasteiger partial charge in [-0.05, 0) is 69.1 Å². The van der Waals surface area contributed by atoms with Crippen molar-refractivity contribution in [3.63, 3.8) is 0 Å². The first-order chi connectivity index (χ1) is 14.8. The fraction of sp³-hybridized carbons (Fsp3) is 0.522. The average Bonchev–Trinajstić information content (AvgIpc) is 3.16. The number of nitrogens with one attached hydrogen (secondary N) is 2. The molecule has 0 radical (unpaired) electrons. The van der Waals surface area contributed by atoms with Crippen LogP contribution in [-0.2, 0) is 0 Å². The molecule has 1 atom stereocenters. The topological polar surface area (TPSA) is 44.0 Å². The maximum absolute atomic E-state index is 14.0. The molecule has 1 aromatic carbocycles. The lowest BCUT2D eigenvalue weighted by Gasteiger charge is -2.32. The van der Waals surface area contributed by atoms with Crippen LogP contribution in [0.4, 0.5) is 13.2 Å². The molecule has 0 bridgehead atoms. The minimum Gasteiger partial charge on any atom is -0.338 e. The van der Waals surface area contributed by atoms with Gasteiger partial charge in [-0.2, -0.15) is 8.78 Å². The molecule has 4 nitrogen and oxygen atoms in total. The summed E-state index contributed by atoms with van der Waals surface area (Å²) in [5.74, 6) is 0.808. The van der Waals surface area contributed by atoms with Gasteiger partial charge in [-0.25, -0.2) is 9.37 Å². The number of hydrogen-bond donors (Lipinski definition) is 3. The summed E-state index contributed by atoms with van der Waals surface area (Å²) in [5.41, 5.74) is 3.74. The van der Waals surface area contributed by atoms with Gasteiger partial charge < -0.3 is 15.2 Å². The van der Waals surface area contributed by atoms with Crippen LogP contribution in [0.1, 0.15) is 42.1 Å². The number of imidazole rings is 1. The number of nitrogens with zero attached hydrogens (tertiary/aromatic N) is 2. The number of halogens is 3. The summed E-state index contributed by atoms with van der Waals surface area (Å²) in [5, 5.41) is -0.202. The van der Waals surface area contributed by atoms with Gasteiger partial charge in [0.1, 0.15) is 12.0 Å². The maximum atomic E-state index is 14.0. The first kappa shape index (κ1) is 22.4. The second-order valence-electron chi connectivity index (χ2n) is 8.55. The van der Waals surface area contributed by atoms with Crippen molar-refractivity contribution >= 4 is 29.2 Å². The molecule has 1 aliphatic heterocycles. The van der Waals surface area contributed by atoms with E-state index in [4.69, 9.17) is 0 Å². The molecule has 1 fully saturated rings. The normalized spacial score (nSPS) is 21.4. The van der Waals surface area contributed by atoms with E-state index in [1.54, 1.807) is 0 Å². The smallest absolute Gasteiger partial charge is 0.313 e. The Morgan fingerprint density at radius 2 is 2.03 bits per heavy atom. The number of likely N-dealkylation sites (tertiary alicyclic amines) is 1. The third kappa shape index (κ3) is 4.86. The molecule has 1 saturated heterocycles. The predicted octanol–water partition coefficient (Wildman–Crippen LogP) is 4.84. The highest BCUT2D eigenvalue weighted by Gasteiger charge is 2.35. The van der Waals surface area contributed by atoms with E-state index in [1.165, 1.54) is 17.7 Å². The van der Waals surface area contributed by atoms with Crippen molar-refractivity contribution in [2.75, 3.05) is 33.2 Å². The Morgan fingerprint density at radius 1 is 1.29 bits per heavy atom. The van der Waals surface area contributed by atoms with Crippen molar-refractivity contribution in [1.82, 2.24) is 20.2 Å². The van der Waals surface area contributed by atoms with E-state index in [1.807, 2.05) is 14.0 Å². The van der Waals surface area contributed by atoms with E-state index < -0.39 is 11.4 Å². The number of aromatic amines is 1. The van der Waals surface area contributed by atoms with Crippen molar-refractivity contribution in [2.24, 2.45) is 0 Å².